The summed E-state index contributed by atoms with van der Waals surface area (Å²) in [6.07, 6.45) is -1.23. The Morgan fingerprint density at radius 3 is 1.93 bits per heavy atom. The van der Waals surface area contributed by atoms with Gasteiger partial charge in [-0.15, -0.1) is 0 Å². The second kappa shape index (κ2) is 5.82. The average Bonchev–Trinajstić information content (AvgIpc) is 2.11. The van der Waals surface area contributed by atoms with Crippen LogP contribution < -0.4 is 5.73 Å². The molecule has 0 heterocycles. The average molecular weight is 199 g/mol. The van der Waals surface area contributed by atoms with Gasteiger partial charge < -0.3 is 21.1 Å². The second-order valence-electron chi connectivity index (χ2n) is 2.61. The van der Waals surface area contributed by atoms with Gasteiger partial charge in [0.05, 0.1) is 0 Å². The molecule has 0 aliphatic heterocycles. The summed E-state index contributed by atoms with van der Waals surface area (Å²) in [4.78, 5) is 9.45. The largest absolute Gasteiger partial charge is 0.508 e. The number of anilines is 1. The van der Waals surface area contributed by atoms with Crippen molar-refractivity contribution >= 4 is 11.7 Å². The fraction of sp³-hybridized carbons (Fsp3) is 0.222. The van der Waals surface area contributed by atoms with Crippen LogP contribution in [-0.2, 0) is 4.79 Å². The van der Waals surface area contributed by atoms with Crippen molar-refractivity contribution in [1.29, 1.82) is 0 Å². The van der Waals surface area contributed by atoms with Crippen molar-refractivity contribution in [1.82, 2.24) is 0 Å². The molecule has 0 aliphatic carbocycles. The Kier molecular flexibility index (Phi) is 5.09. The van der Waals surface area contributed by atoms with Gasteiger partial charge >= 0.3 is 5.97 Å². The maximum atomic E-state index is 9.45. The zero-order valence-electron chi connectivity index (χ0n) is 7.71. The molecular formula is C9H13NO4. The maximum Gasteiger partial charge on any atom is 0.332 e. The number of hydrogen-bond acceptors (Lipinski definition) is 4. The number of nitrogens with two attached hydrogens (primary N) is 1. The molecule has 1 unspecified atom stereocenters. The third-order valence-corrected chi connectivity index (χ3v) is 1.25. The predicted molar refractivity (Wildman–Crippen MR) is 51.8 cm³/mol. The van der Waals surface area contributed by atoms with Crippen LogP contribution in [0.25, 0.3) is 0 Å². The highest BCUT2D eigenvalue weighted by Crippen LogP contribution is 2.09. The number of carboxylic acids is 1. The number of carbonyl (C=O) groups is 1. The van der Waals surface area contributed by atoms with Crippen molar-refractivity contribution in [2.45, 2.75) is 13.0 Å². The van der Waals surface area contributed by atoms with Gasteiger partial charge in [0.15, 0.2) is 0 Å². The van der Waals surface area contributed by atoms with E-state index in [4.69, 9.17) is 21.1 Å². The van der Waals surface area contributed by atoms with E-state index < -0.39 is 12.1 Å². The lowest BCUT2D eigenvalue weighted by Gasteiger charge is -1.89. The summed E-state index contributed by atoms with van der Waals surface area (Å²) < 4.78 is 0. The molecule has 5 heteroatoms. The Labute approximate surface area is 81.4 Å². The molecule has 0 aromatic heterocycles. The van der Waals surface area contributed by atoms with E-state index in [-0.39, 0.29) is 5.75 Å². The zero-order valence-corrected chi connectivity index (χ0v) is 7.71. The fourth-order valence-electron chi connectivity index (χ4n) is 0.474. The number of aromatic hydroxyl groups is 1. The Bertz CT molecular complexity index is 260. The molecule has 0 bridgehead atoms. The highest BCUT2D eigenvalue weighted by Gasteiger charge is 2.01. The first kappa shape index (κ1) is 12.2. The number of rotatable bonds is 1. The van der Waals surface area contributed by atoms with Crippen LogP contribution >= 0.6 is 0 Å². The molecule has 0 radical (unpaired) electrons. The normalized spacial score (nSPS) is 11.0. The molecule has 5 N–H and O–H groups in total. The molecule has 1 aromatic rings. The van der Waals surface area contributed by atoms with Crippen LogP contribution in [0.4, 0.5) is 5.69 Å². The van der Waals surface area contributed by atoms with Gasteiger partial charge in [0.1, 0.15) is 11.9 Å². The van der Waals surface area contributed by atoms with Gasteiger partial charge in [0, 0.05) is 5.69 Å². The second-order valence-corrected chi connectivity index (χ2v) is 2.61. The van der Waals surface area contributed by atoms with Crippen molar-refractivity contribution in [3.63, 3.8) is 0 Å². The minimum Gasteiger partial charge on any atom is -0.508 e. The predicted octanol–water partition coefficient (Wildman–Crippen LogP) is 0.426. The van der Waals surface area contributed by atoms with Gasteiger partial charge in [-0.2, -0.15) is 0 Å². The van der Waals surface area contributed by atoms with Gasteiger partial charge in [0.25, 0.3) is 0 Å². The van der Waals surface area contributed by atoms with E-state index in [1.165, 1.54) is 6.92 Å². The van der Waals surface area contributed by atoms with Crippen LogP contribution in [0.5, 0.6) is 5.75 Å². The van der Waals surface area contributed by atoms with Gasteiger partial charge in [-0.25, -0.2) is 4.79 Å². The molecule has 1 rings (SSSR count). The van der Waals surface area contributed by atoms with Gasteiger partial charge in [-0.1, -0.05) is 0 Å². The quantitative estimate of drug-likeness (QED) is 0.388. The molecule has 0 saturated carbocycles. The smallest absolute Gasteiger partial charge is 0.332 e. The van der Waals surface area contributed by atoms with Crippen LogP contribution in [0.3, 0.4) is 0 Å². The SMILES string of the molecule is CC(O)C(=O)O.Nc1ccc(O)cc1. The standard InChI is InChI=1S/C6H7NO.C3H6O3/c7-5-1-3-6(8)4-2-5;1-2(4)3(5)6/h1-4,8H,7H2;2,4H,1H3,(H,5,6). The van der Waals surface area contributed by atoms with Crippen LogP contribution in [0.2, 0.25) is 0 Å². The van der Waals surface area contributed by atoms with Crippen molar-refractivity contribution < 1.29 is 20.1 Å². The van der Waals surface area contributed by atoms with E-state index in [2.05, 4.69) is 0 Å². The molecular weight excluding hydrogens is 186 g/mol. The Morgan fingerprint density at radius 1 is 1.36 bits per heavy atom. The van der Waals surface area contributed by atoms with Crippen LogP contribution in [0.1, 0.15) is 6.92 Å². The summed E-state index contributed by atoms with van der Waals surface area (Å²) in [7, 11) is 0. The highest BCUT2D eigenvalue weighted by molar-refractivity contribution is 5.71. The number of aliphatic hydroxyl groups excluding tert-OH is 1. The summed E-state index contributed by atoms with van der Waals surface area (Å²) in [5.74, 6) is -0.936. The molecule has 5 nitrogen and oxygen atoms in total. The lowest BCUT2D eigenvalue weighted by Crippen LogP contribution is -2.13. The minimum absolute atomic E-state index is 0.249. The molecule has 0 amide bonds. The summed E-state index contributed by atoms with van der Waals surface area (Å²) in [6.45, 7) is 1.20. The Morgan fingerprint density at radius 2 is 1.71 bits per heavy atom. The number of aliphatic hydroxyl groups is 1. The zero-order chi connectivity index (χ0) is 11.1. The fourth-order valence-corrected chi connectivity index (χ4v) is 0.474. The van der Waals surface area contributed by atoms with E-state index in [0.29, 0.717) is 5.69 Å². The molecule has 0 fully saturated rings. The number of nitrogen functional groups attached to an aromatic ring is 1. The molecule has 0 spiro atoms. The van der Waals surface area contributed by atoms with E-state index in [1.807, 2.05) is 0 Å². The van der Waals surface area contributed by atoms with Crippen molar-refractivity contribution in [3.05, 3.63) is 24.3 Å². The summed E-state index contributed by atoms with van der Waals surface area (Å²) in [5, 5.41) is 24.5. The lowest BCUT2D eigenvalue weighted by atomic mass is 10.3. The topological polar surface area (TPSA) is 104 Å². The number of hydrogen-bond donors (Lipinski definition) is 4. The molecule has 0 saturated heterocycles. The van der Waals surface area contributed by atoms with E-state index in [1.54, 1.807) is 24.3 Å². The molecule has 0 aliphatic rings. The third kappa shape index (κ3) is 5.84. The monoisotopic (exact) mass is 199 g/mol. The van der Waals surface area contributed by atoms with Crippen LogP contribution in [0, 0.1) is 0 Å². The van der Waals surface area contributed by atoms with Gasteiger partial charge in [-0.3, -0.25) is 0 Å². The molecule has 1 aromatic carbocycles. The number of carboxylic acid groups (broad SMARTS) is 1. The first-order chi connectivity index (χ1) is 6.43. The highest BCUT2D eigenvalue weighted by atomic mass is 16.4. The van der Waals surface area contributed by atoms with E-state index in [9.17, 15) is 4.79 Å². The Hall–Kier alpha value is -1.75. The first-order valence-corrected chi connectivity index (χ1v) is 3.89. The maximum absolute atomic E-state index is 9.45. The number of aliphatic carboxylic acids is 1. The van der Waals surface area contributed by atoms with Crippen molar-refractivity contribution in [2.75, 3.05) is 5.73 Å². The molecule has 14 heavy (non-hydrogen) atoms. The third-order valence-electron chi connectivity index (χ3n) is 1.25. The van der Waals surface area contributed by atoms with Gasteiger partial charge in [0.2, 0.25) is 0 Å². The number of phenolic OH excluding ortho intramolecular Hbond substituents is 1. The van der Waals surface area contributed by atoms with Crippen LogP contribution in [0.15, 0.2) is 24.3 Å². The first-order valence-electron chi connectivity index (χ1n) is 3.89. The Balaban J connectivity index is 0.000000255. The lowest BCUT2D eigenvalue weighted by molar-refractivity contribution is -0.145. The van der Waals surface area contributed by atoms with E-state index >= 15 is 0 Å². The summed E-state index contributed by atoms with van der Waals surface area (Å²) in [5.41, 5.74) is 5.98. The summed E-state index contributed by atoms with van der Waals surface area (Å²) >= 11 is 0. The molecule has 78 valence electrons. The van der Waals surface area contributed by atoms with Gasteiger partial charge in [-0.05, 0) is 31.2 Å². The number of phenols is 1. The van der Waals surface area contributed by atoms with Crippen LogP contribution in [-0.4, -0.2) is 27.4 Å². The summed E-state index contributed by atoms with van der Waals surface area (Å²) in [6, 6.07) is 6.40. The van der Waals surface area contributed by atoms with Crippen molar-refractivity contribution in [2.24, 2.45) is 0 Å². The van der Waals surface area contributed by atoms with E-state index in [0.717, 1.165) is 0 Å². The molecule has 1 atom stereocenters. The van der Waals surface area contributed by atoms with Crippen molar-refractivity contribution in [3.8, 4) is 5.75 Å². The minimum atomic E-state index is -1.23. The number of benzene rings is 1.